The Bertz CT molecular complexity index is 367. The van der Waals surface area contributed by atoms with Crippen LogP contribution < -0.4 is 4.74 Å². The fourth-order valence-electron chi connectivity index (χ4n) is 2.58. The molecule has 0 bridgehead atoms. The first-order chi connectivity index (χ1) is 7.76. The molecule has 1 unspecified atom stereocenters. The van der Waals surface area contributed by atoms with E-state index in [1.165, 1.54) is 17.5 Å². The summed E-state index contributed by atoms with van der Waals surface area (Å²) in [6, 6.07) is 7.12. The number of ether oxygens (including phenoxy) is 1. The van der Waals surface area contributed by atoms with Crippen molar-refractivity contribution in [2.45, 2.75) is 32.2 Å². The molecular weight excluding hydrogens is 234 g/mol. The van der Waals surface area contributed by atoms with Gasteiger partial charge in [-0.05, 0) is 50.0 Å². The number of fused-ring (bicyclic) bond motifs is 1. The van der Waals surface area contributed by atoms with Crippen molar-refractivity contribution < 1.29 is 4.74 Å². The summed E-state index contributed by atoms with van der Waals surface area (Å²) < 4.78 is 5.42. The number of likely N-dealkylation sites (N-methyl/N-ethyl adjacent to an activating group) is 1. The fraction of sp³-hybridized carbons (Fsp3) is 0.571. The molecule has 1 aliphatic carbocycles. The average molecular weight is 256 g/mol. The minimum absolute atomic E-state index is 0. The number of hydrogen-bond acceptors (Lipinski definition) is 2. The van der Waals surface area contributed by atoms with Gasteiger partial charge in [0.1, 0.15) is 5.75 Å². The Balaban J connectivity index is 0.00000144. The second-order valence-electron chi connectivity index (χ2n) is 4.57. The molecule has 0 aromatic heterocycles. The lowest BCUT2D eigenvalue weighted by Gasteiger charge is -2.32. The summed E-state index contributed by atoms with van der Waals surface area (Å²) >= 11 is 0. The highest BCUT2D eigenvalue weighted by Gasteiger charge is 2.22. The Morgan fingerprint density at radius 2 is 2.18 bits per heavy atom. The van der Waals surface area contributed by atoms with E-state index in [1.54, 1.807) is 7.11 Å². The Morgan fingerprint density at radius 1 is 1.41 bits per heavy atom. The molecule has 2 nitrogen and oxygen atoms in total. The second-order valence-corrected chi connectivity index (χ2v) is 4.57. The van der Waals surface area contributed by atoms with Crippen LogP contribution in [0.2, 0.25) is 0 Å². The lowest BCUT2D eigenvalue weighted by Crippen LogP contribution is -2.36. The van der Waals surface area contributed by atoms with E-state index in [0.717, 1.165) is 25.1 Å². The molecule has 0 saturated carbocycles. The fourth-order valence-corrected chi connectivity index (χ4v) is 2.58. The third-order valence-corrected chi connectivity index (χ3v) is 3.76. The van der Waals surface area contributed by atoms with Gasteiger partial charge in [0.05, 0.1) is 7.11 Å². The molecule has 0 saturated heterocycles. The van der Waals surface area contributed by atoms with Crippen molar-refractivity contribution in [1.82, 2.24) is 4.90 Å². The summed E-state index contributed by atoms with van der Waals surface area (Å²) in [5, 5.41) is 0. The molecule has 0 fully saturated rings. The van der Waals surface area contributed by atoms with E-state index in [1.807, 2.05) is 0 Å². The molecular formula is C14H22ClNO. The van der Waals surface area contributed by atoms with Crippen molar-refractivity contribution >= 4 is 12.4 Å². The average Bonchev–Trinajstić information content (AvgIpc) is 2.36. The summed E-state index contributed by atoms with van der Waals surface area (Å²) in [5.41, 5.74) is 2.89. The maximum absolute atomic E-state index is 5.42. The van der Waals surface area contributed by atoms with Gasteiger partial charge in [0.15, 0.2) is 0 Å². The molecule has 0 spiro atoms. The maximum Gasteiger partial charge on any atom is 0.122 e. The van der Waals surface area contributed by atoms with Crippen LogP contribution in [0.1, 0.15) is 24.5 Å². The van der Waals surface area contributed by atoms with E-state index in [2.05, 4.69) is 37.1 Å². The monoisotopic (exact) mass is 255 g/mol. The van der Waals surface area contributed by atoms with Gasteiger partial charge in [-0.2, -0.15) is 0 Å². The summed E-state index contributed by atoms with van der Waals surface area (Å²) in [6.45, 7) is 3.35. The van der Waals surface area contributed by atoms with Crippen LogP contribution in [0.5, 0.6) is 5.75 Å². The maximum atomic E-state index is 5.42. The largest absolute Gasteiger partial charge is 0.496 e. The van der Waals surface area contributed by atoms with Crippen molar-refractivity contribution in [3.05, 3.63) is 29.3 Å². The Hall–Kier alpha value is -0.730. The molecule has 0 radical (unpaired) electrons. The second kappa shape index (κ2) is 6.27. The molecule has 0 amide bonds. The Kier molecular flexibility index (Phi) is 5.29. The van der Waals surface area contributed by atoms with E-state index in [0.29, 0.717) is 6.04 Å². The first-order valence-electron chi connectivity index (χ1n) is 6.11. The molecule has 1 aromatic carbocycles. The van der Waals surface area contributed by atoms with E-state index < -0.39 is 0 Å². The molecule has 0 N–H and O–H groups in total. The third-order valence-electron chi connectivity index (χ3n) is 3.76. The van der Waals surface area contributed by atoms with Crippen LogP contribution in [0.4, 0.5) is 0 Å². The van der Waals surface area contributed by atoms with Crippen LogP contribution in [-0.2, 0) is 12.8 Å². The van der Waals surface area contributed by atoms with Crippen molar-refractivity contribution in [2.24, 2.45) is 0 Å². The molecule has 2 rings (SSSR count). The molecule has 0 heterocycles. The van der Waals surface area contributed by atoms with Crippen LogP contribution in [0, 0.1) is 0 Å². The SMILES string of the molecule is CCN(C)C1CCc2c(cccc2OC)C1.Cl. The third kappa shape index (κ3) is 2.93. The van der Waals surface area contributed by atoms with Crippen LogP contribution in [0.25, 0.3) is 0 Å². The molecule has 1 aromatic rings. The van der Waals surface area contributed by atoms with Gasteiger partial charge in [0.25, 0.3) is 0 Å². The smallest absolute Gasteiger partial charge is 0.122 e. The van der Waals surface area contributed by atoms with Gasteiger partial charge in [-0.1, -0.05) is 19.1 Å². The zero-order valence-corrected chi connectivity index (χ0v) is 11.7. The number of rotatable bonds is 3. The van der Waals surface area contributed by atoms with Gasteiger partial charge < -0.3 is 9.64 Å². The Morgan fingerprint density at radius 3 is 2.82 bits per heavy atom. The van der Waals surface area contributed by atoms with Gasteiger partial charge in [-0.25, -0.2) is 0 Å². The lowest BCUT2D eigenvalue weighted by atomic mass is 9.87. The van der Waals surface area contributed by atoms with Gasteiger partial charge in [-0.15, -0.1) is 12.4 Å². The molecule has 1 aliphatic rings. The van der Waals surface area contributed by atoms with Crippen LogP contribution in [0.15, 0.2) is 18.2 Å². The Labute approximate surface area is 110 Å². The first-order valence-corrected chi connectivity index (χ1v) is 6.11. The summed E-state index contributed by atoms with van der Waals surface area (Å²) in [4.78, 5) is 2.45. The van der Waals surface area contributed by atoms with Crippen LogP contribution in [0.3, 0.4) is 0 Å². The number of hydrogen-bond donors (Lipinski definition) is 0. The molecule has 3 heteroatoms. The zero-order valence-electron chi connectivity index (χ0n) is 10.9. The minimum atomic E-state index is 0. The van der Waals surface area contributed by atoms with Crippen molar-refractivity contribution in [2.75, 3.05) is 20.7 Å². The molecule has 0 aliphatic heterocycles. The van der Waals surface area contributed by atoms with Crippen LogP contribution in [-0.4, -0.2) is 31.6 Å². The van der Waals surface area contributed by atoms with Crippen molar-refractivity contribution in [1.29, 1.82) is 0 Å². The highest BCUT2D eigenvalue weighted by atomic mass is 35.5. The number of benzene rings is 1. The summed E-state index contributed by atoms with van der Waals surface area (Å²) in [7, 11) is 3.98. The number of methoxy groups -OCH3 is 1. The molecule has 1 atom stereocenters. The normalized spacial score (nSPS) is 18.5. The molecule has 17 heavy (non-hydrogen) atoms. The highest BCUT2D eigenvalue weighted by molar-refractivity contribution is 5.85. The van der Waals surface area contributed by atoms with Gasteiger partial charge in [0, 0.05) is 6.04 Å². The predicted molar refractivity (Wildman–Crippen MR) is 74.4 cm³/mol. The highest BCUT2D eigenvalue weighted by Crippen LogP contribution is 2.30. The van der Waals surface area contributed by atoms with E-state index in [9.17, 15) is 0 Å². The van der Waals surface area contributed by atoms with E-state index in [-0.39, 0.29) is 12.4 Å². The lowest BCUT2D eigenvalue weighted by molar-refractivity contribution is 0.231. The van der Waals surface area contributed by atoms with Crippen molar-refractivity contribution in [3.63, 3.8) is 0 Å². The standard InChI is InChI=1S/C14H21NO.ClH/c1-4-15(2)12-8-9-13-11(10-12)6-5-7-14(13)16-3;/h5-7,12H,4,8-10H2,1-3H3;1H. The molecule has 96 valence electrons. The van der Waals surface area contributed by atoms with Gasteiger partial charge in [-0.3, -0.25) is 0 Å². The van der Waals surface area contributed by atoms with E-state index >= 15 is 0 Å². The zero-order chi connectivity index (χ0) is 11.5. The summed E-state index contributed by atoms with van der Waals surface area (Å²) in [6.07, 6.45) is 3.56. The van der Waals surface area contributed by atoms with Gasteiger partial charge in [0.2, 0.25) is 0 Å². The number of halogens is 1. The summed E-state index contributed by atoms with van der Waals surface area (Å²) in [5.74, 6) is 1.06. The topological polar surface area (TPSA) is 12.5 Å². The van der Waals surface area contributed by atoms with Gasteiger partial charge >= 0.3 is 0 Å². The number of nitrogens with zero attached hydrogens (tertiary/aromatic N) is 1. The van der Waals surface area contributed by atoms with Crippen molar-refractivity contribution in [3.8, 4) is 5.75 Å². The quantitative estimate of drug-likeness (QED) is 0.824. The van der Waals surface area contributed by atoms with E-state index in [4.69, 9.17) is 4.74 Å². The first kappa shape index (κ1) is 14.3. The minimum Gasteiger partial charge on any atom is -0.496 e. The predicted octanol–water partition coefficient (Wildman–Crippen LogP) is 2.93. The van der Waals surface area contributed by atoms with Crippen LogP contribution >= 0.6 is 12.4 Å².